The summed E-state index contributed by atoms with van der Waals surface area (Å²) in [5.74, 6) is 1.24. The first-order chi connectivity index (χ1) is 13.7. The van der Waals surface area contributed by atoms with Gasteiger partial charge >= 0.3 is 5.69 Å². The molecule has 0 radical (unpaired) electrons. The van der Waals surface area contributed by atoms with Crippen LogP contribution in [0.2, 0.25) is 0 Å². The summed E-state index contributed by atoms with van der Waals surface area (Å²) in [4.78, 5) is 14.4. The van der Waals surface area contributed by atoms with Crippen LogP contribution in [0.15, 0.2) is 72.0 Å². The fraction of sp³-hybridized carbons (Fsp3) is 0.100. The van der Waals surface area contributed by atoms with E-state index in [0.29, 0.717) is 18.1 Å². The van der Waals surface area contributed by atoms with Gasteiger partial charge in [-0.3, -0.25) is 15.5 Å². The summed E-state index contributed by atoms with van der Waals surface area (Å²) in [6, 6.07) is 18.0. The minimum Gasteiger partial charge on any atom is -0.493 e. The number of hydrogen-bond donors (Lipinski definition) is 1. The van der Waals surface area contributed by atoms with Crippen molar-refractivity contribution >= 4 is 17.7 Å². The Kier molecular flexibility index (Phi) is 6.14. The Morgan fingerprint density at radius 1 is 1.14 bits per heavy atom. The van der Waals surface area contributed by atoms with Crippen LogP contribution in [0, 0.1) is 10.1 Å². The monoisotopic (exact) mass is 378 g/mol. The molecule has 2 aromatic carbocycles. The molecule has 1 heterocycles. The van der Waals surface area contributed by atoms with Gasteiger partial charge < -0.3 is 9.47 Å². The summed E-state index contributed by atoms with van der Waals surface area (Å²) in [5.41, 5.74) is 4.22. The third kappa shape index (κ3) is 4.82. The number of ether oxygens (including phenoxy) is 2. The lowest BCUT2D eigenvalue weighted by Gasteiger charge is -2.11. The zero-order valence-corrected chi connectivity index (χ0v) is 15.1. The first-order valence-corrected chi connectivity index (χ1v) is 8.40. The van der Waals surface area contributed by atoms with Crippen molar-refractivity contribution in [1.29, 1.82) is 0 Å². The van der Waals surface area contributed by atoms with E-state index in [1.807, 2.05) is 30.3 Å². The molecule has 3 aromatic rings. The van der Waals surface area contributed by atoms with Gasteiger partial charge in [0, 0.05) is 12.3 Å². The normalized spacial score (nSPS) is 10.6. The van der Waals surface area contributed by atoms with Crippen LogP contribution < -0.4 is 14.9 Å². The van der Waals surface area contributed by atoms with Gasteiger partial charge in [-0.25, -0.2) is 4.98 Å². The van der Waals surface area contributed by atoms with Crippen molar-refractivity contribution < 1.29 is 14.4 Å². The fourth-order valence-corrected chi connectivity index (χ4v) is 2.42. The summed E-state index contributed by atoms with van der Waals surface area (Å²) in [5, 5.41) is 15.0. The summed E-state index contributed by atoms with van der Waals surface area (Å²) >= 11 is 0. The quantitative estimate of drug-likeness (QED) is 0.361. The molecule has 142 valence electrons. The molecule has 0 saturated carbocycles. The average Bonchev–Trinajstić information content (AvgIpc) is 2.73. The van der Waals surface area contributed by atoms with Gasteiger partial charge in [0.1, 0.15) is 6.61 Å². The van der Waals surface area contributed by atoms with E-state index < -0.39 is 4.92 Å². The first-order valence-electron chi connectivity index (χ1n) is 8.40. The number of hydrogen-bond acceptors (Lipinski definition) is 7. The predicted molar refractivity (Wildman–Crippen MR) is 106 cm³/mol. The highest BCUT2D eigenvalue weighted by Gasteiger charge is 2.13. The molecule has 0 spiro atoms. The molecule has 8 heteroatoms. The number of methoxy groups -OCH3 is 1. The number of anilines is 1. The molecule has 0 fully saturated rings. The lowest BCUT2D eigenvalue weighted by molar-refractivity contribution is -0.384. The van der Waals surface area contributed by atoms with E-state index in [0.717, 1.165) is 11.1 Å². The maximum atomic E-state index is 11.0. The van der Waals surface area contributed by atoms with Gasteiger partial charge in [0.15, 0.2) is 11.5 Å². The number of aromatic nitrogens is 1. The highest BCUT2D eigenvalue weighted by molar-refractivity contribution is 5.81. The van der Waals surface area contributed by atoms with Crippen molar-refractivity contribution in [1.82, 2.24) is 4.98 Å². The third-order valence-corrected chi connectivity index (χ3v) is 3.79. The number of nitro groups is 1. The topological polar surface area (TPSA) is 98.9 Å². The minimum atomic E-state index is -0.521. The van der Waals surface area contributed by atoms with Crippen molar-refractivity contribution in [2.24, 2.45) is 5.10 Å². The van der Waals surface area contributed by atoms with Crippen molar-refractivity contribution in [3.63, 3.8) is 0 Å². The number of benzene rings is 2. The van der Waals surface area contributed by atoms with Crippen molar-refractivity contribution in [2.75, 3.05) is 12.5 Å². The highest BCUT2D eigenvalue weighted by atomic mass is 16.6. The third-order valence-electron chi connectivity index (χ3n) is 3.79. The molecular weight excluding hydrogens is 360 g/mol. The second-order valence-corrected chi connectivity index (χ2v) is 5.68. The molecule has 0 amide bonds. The van der Waals surface area contributed by atoms with Gasteiger partial charge in [-0.1, -0.05) is 30.3 Å². The highest BCUT2D eigenvalue weighted by Crippen LogP contribution is 2.28. The predicted octanol–water partition coefficient (Wildman–Crippen LogP) is 4.02. The Morgan fingerprint density at radius 2 is 1.96 bits per heavy atom. The van der Waals surface area contributed by atoms with Crippen LogP contribution in [0.5, 0.6) is 11.5 Å². The van der Waals surface area contributed by atoms with E-state index in [-0.39, 0.29) is 11.5 Å². The van der Waals surface area contributed by atoms with Gasteiger partial charge in [0.2, 0.25) is 5.82 Å². The van der Waals surface area contributed by atoms with E-state index in [1.54, 1.807) is 25.3 Å². The number of nitrogens with one attached hydrogen (secondary N) is 1. The minimum absolute atomic E-state index is 0.0681. The van der Waals surface area contributed by atoms with E-state index in [4.69, 9.17) is 9.47 Å². The molecule has 0 unspecified atom stereocenters. The Labute approximate surface area is 161 Å². The zero-order chi connectivity index (χ0) is 19.8. The molecule has 3 rings (SSSR count). The molecule has 0 aliphatic heterocycles. The number of hydrazone groups is 1. The summed E-state index contributed by atoms with van der Waals surface area (Å²) in [7, 11) is 1.56. The first kappa shape index (κ1) is 18.8. The Balaban J connectivity index is 1.68. The van der Waals surface area contributed by atoms with E-state index in [1.165, 1.54) is 24.5 Å². The fourth-order valence-electron chi connectivity index (χ4n) is 2.42. The summed E-state index contributed by atoms with van der Waals surface area (Å²) in [6.07, 6.45) is 2.97. The average molecular weight is 378 g/mol. The zero-order valence-electron chi connectivity index (χ0n) is 15.1. The SMILES string of the molecule is COc1cc(/C=N\Nc2ncccc2[N+](=O)[O-])ccc1OCc1ccccc1. The van der Waals surface area contributed by atoms with Crippen LogP contribution in [0.25, 0.3) is 0 Å². The number of rotatable bonds is 8. The Hall–Kier alpha value is -3.94. The molecule has 0 saturated heterocycles. The Bertz CT molecular complexity index is 977. The molecule has 0 aliphatic rings. The molecule has 0 atom stereocenters. The van der Waals surface area contributed by atoms with Crippen LogP contribution in [0.4, 0.5) is 11.5 Å². The maximum Gasteiger partial charge on any atom is 0.313 e. The van der Waals surface area contributed by atoms with Gasteiger partial charge in [-0.2, -0.15) is 5.10 Å². The van der Waals surface area contributed by atoms with Crippen molar-refractivity contribution in [3.8, 4) is 11.5 Å². The largest absolute Gasteiger partial charge is 0.493 e. The summed E-state index contributed by atoms with van der Waals surface area (Å²) in [6.45, 7) is 0.426. The second kappa shape index (κ2) is 9.13. The van der Waals surface area contributed by atoms with Crippen LogP contribution in [0.3, 0.4) is 0 Å². The Morgan fingerprint density at radius 3 is 2.71 bits per heavy atom. The molecule has 28 heavy (non-hydrogen) atoms. The van der Waals surface area contributed by atoms with E-state index in [9.17, 15) is 10.1 Å². The van der Waals surface area contributed by atoms with Gasteiger partial charge in [-0.15, -0.1) is 0 Å². The maximum absolute atomic E-state index is 11.0. The smallest absolute Gasteiger partial charge is 0.313 e. The van der Waals surface area contributed by atoms with Crippen molar-refractivity contribution in [2.45, 2.75) is 6.61 Å². The summed E-state index contributed by atoms with van der Waals surface area (Å²) < 4.78 is 11.2. The number of pyridine rings is 1. The molecule has 0 bridgehead atoms. The molecular formula is C20H18N4O4. The molecule has 1 N–H and O–H groups in total. The standard InChI is InChI=1S/C20H18N4O4/c1-27-19-12-16(9-10-18(19)28-14-15-6-3-2-4-7-15)13-22-23-20-17(24(25)26)8-5-11-21-20/h2-13H,14H2,1H3,(H,21,23)/b22-13-. The molecule has 8 nitrogen and oxygen atoms in total. The van der Waals surface area contributed by atoms with Gasteiger partial charge in [-0.05, 0) is 35.4 Å². The van der Waals surface area contributed by atoms with Crippen LogP contribution in [0.1, 0.15) is 11.1 Å². The number of nitrogens with zero attached hydrogens (tertiary/aromatic N) is 3. The van der Waals surface area contributed by atoms with Crippen LogP contribution in [-0.2, 0) is 6.61 Å². The van der Waals surface area contributed by atoms with Gasteiger partial charge in [0.25, 0.3) is 0 Å². The van der Waals surface area contributed by atoms with Crippen molar-refractivity contribution in [3.05, 3.63) is 88.1 Å². The lowest BCUT2D eigenvalue weighted by atomic mass is 10.2. The van der Waals surface area contributed by atoms with E-state index >= 15 is 0 Å². The van der Waals surface area contributed by atoms with E-state index in [2.05, 4.69) is 15.5 Å². The van der Waals surface area contributed by atoms with Crippen LogP contribution in [-0.4, -0.2) is 23.2 Å². The van der Waals surface area contributed by atoms with Gasteiger partial charge in [0.05, 0.1) is 18.2 Å². The molecule has 0 aliphatic carbocycles. The lowest BCUT2D eigenvalue weighted by Crippen LogP contribution is -2.00. The second-order valence-electron chi connectivity index (χ2n) is 5.68. The molecule has 1 aromatic heterocycles. The van der Waals surface area contributed by atoms with Crippen LogP contribution >= 0.6 is 0 Å².